The molecule has 2 fully saturated rings. The molecule has 0 saturated carbocycles. The van der Waals surface area contributed by atoms with E-state index in [1.54, 1.807) is 23.1 Å². The summed E-state index contributed by atoms with van der Waals surface area (Å²) in [5.41, 5.74) is 0.824. The molecule has 0 bridgehead atoms. The second kappa shape index (κ2) is 8.54. The average Bonchev–Trinajstić information content (AvgIpc) is 3.28. The third-order valence-corrected chi connectivity index (χ3v) is 7.19. The van der Waals surface area contributed by atoms with E-state index < -0.39 is 11.8 Å². The van der Waals surface area contributed by atoms with Crippen molar-refractivity contribution in [3.05, 3.63) is 65.7 Å². The number of benzene rings is 2. The number of nitrogens with zero attached hydrogens (tertiary/aromatic N) is 2. The Morgan fingerprint density at radius 1 is 1.06 bits per heavy atom. The summed E-state index contributed by atoms with van der Waals surface area (Å²) in [7, 11) is 0. The van der Waals surface area contributed by atoms with Gasteiger partial charge in [0, 0.05) is 44.8 Å². The van der Waals surface area contributed by atoms with Crippen molar-refractivity contribution in [3.63, 3.8) is 0 Å². The van der Waals surface area contributed by atoms with E-state index in [-0.39, 0.29) is 24.1 Å². The molecule has 2 saturated heterocycles. The second-order valence-electron chi connectivity index (χ2n) is 9.24. The lowest BCUT2D eigenvalue weighted by Gasteiger charge is -2.38. The van der Waals surface area contributed by atoms with Gasteiger partial charge in [0.15, 0.2) is 5.72 Å². The molecule has 3 atom stereocenters. The van der Waals surface area contributed by atoms with Crippen LogP contribution in [0.3, 0.4) is 0 Å². The summed E-state index contributed by atoms with van der Waals surface area (Å²) in [5.74, 6) is 0.581. The topological polar surface area (TPSA) is 79.0 Å². The maximum atomic E-state index is 13.3. The third-order valence-electron chi connectivity index (χ3n) is 7.19. The summed E-state index contributed by atoms with van der Waals surface area (Å²) in [4.78, 5) is 42.5. The molecule has 7 nitrogen and oxygen atoms in total. The van der Waals surface area contributed by atoms with Crippen LogP contribution in [0, 0.1) is 0 Å². The molecular formula is C26H29N3O4. The number of hydrogen-bond donors (Lipinski definition) is 1. The number of likely N-dealkylation sites (tertiary alicyclic amines) is 2. The fraction of sp³-hybridized carbons (Fsp3) is 0.423. The number of para-hydroxylation sites is 1. The second-order valence-corrected chi connectivity index (χ2v) is 9.24. The molecule has 0 unspecified atom stereocenters. The molecule has 1 N–H and O–H groups in total. The highest BCUT2D eigenvalue weighted by Gasteiger charge is 2.44. The molecule has 3 aliphatic heterocycles. The number of amides is 3. The van der Waals surface area contributed by atoms with Gasteiger partial charge in [0.05, 0.1) is 5.56 Å². The first-order chi connectivity index (χ1) is 16.0. The Labute approximate surface area is 193 Å². The van der Waals surface area contributed by atoms with Gasteiger partial charge in [-0.3, -0.25) is 14.4 Å². The Morgan fingerprint density at radius 2 is 1.82 bits per heavy atom. The van der Waals surface area contributed by atoms with Gasteiger partial charge in [-0.05, 0) is 31.0 Å². The van der Waals surface area contributed by atoms with Gasteiger partial charge in [-0.25, -0.2) is 0 Å². The van der Waals surface area contributed by atoms with Crippen LogP contribution >= 0.6 is 0 Å². The lowest BCUT2D eigenvalue weighted by atomic mass is 9.99. The lowest BCUT2D eigenvalue weighted by molar-refractivity contribution is -0.144. The van der Waals surface area contributed by atoms with Gasteiger partial charge in [0.25, 0.3) is 5.91 Å². The largest absolute Gasteiger partial charge is 0.467 e. The van der Waals surface area contributed by atoms with Crippen molar-refractivity contribution >= 4 is 17.7 Å². The molecule has 2 aromatic rings. The minimum Gasteiger partial charge on any atom is -0.467 e. The van der Waals surface area contributed by atoms with Crippen LogP contribution in [0.1, 0.15) is 54.4 Å². The van der Waals surface area contributed by atoms with E-state index in [1.165, 1.54) is 5.56 Å². The number of rotatable bonds is 3. The molecule has 33 heavy (non-hydrogen) atoms. The van der Waals surface area contributed by atoms with E-state index in [0.29, 0.717) is 49.7 Å². The first-order valence-corrected chi connectivity index (χ1v) is 11.7. The molecule has 0 aromatic heterocycles. The van der Waals surface area contributed by atoms with Crippen molar-refractivity contribution in [1.29, 1.82) is 0 Å². The molecule has 0 aliphatic carbocycles. The van der Waals surface area contributed by atoms with Crippen LogP contribution in [0.25, 0.3) is 0 Å². The van der Waals surface area contributed by atoms with Gasteiger partial charge >= 0.3 is 0 Å². The summed E-state index contributed by atoms with van der Waals surface area (Å²) in [6.07, 6.45) is 1.96. The van der Waals surface area contributed by atoms with Crippen molar-refractivity contribution in [2.45, 2.75) is 50.3 Å². The van der Waals surface area contributed by atoms with Gasteiger partial charge in [-0.15, -0.1) is 0 Å². The molecule has 7 heteroatoms. The van der Waals surface area contributed by atoms with Crippen molar-refractivity contribution in [2.75, 3.05) is 19.6 Å². The van der Waals surface area contributed by atoms with Crippen molar-refractivity contribution < 1.29 is 19.1 Å². The average molecular weight is 448 g/mol. The molecule has 172 valence electrons. The van der Waals surface area contributed by atoms with Crippen molar-refractivity contribution in [3.8, 4) is 5.75 Å². The lowest BCUT2D eigenvalue weighted by Crippen LogP contribution is -2.56. The number of nitrogens with one attached hydrogen (secondary N) is 1. The van der Waals surface area contributed by atoms with Crippen LogP contribution in [0.2, 0.25) is 0 Å². The Morgan fingerprint density at radius 3 is 2.64 bits per heavy atom. The highest BCUT2D eigenvalue weighted by atomic mass is 16.5. The zero-order valence-corrected chi connectivity index (χ0v) is 18.8. The van der Waals surface area contributed by atoms with Crippen LogP contribution in [0.15, 0.2) is 54.6 Å². The van der Waals surface area contributed by atoms with E-state index in [2.05, 4.69) is 17.4 Å². The number of carbonyl (C=O) groups is 3. The number of fused-ring (bicyclic) bond motifs is 1. The molecule has 5 rings (SSSR count). The molecule has 1 spiro atoms. The van der Waals surface area contributed by atoms with Gasteiger partial charge in [0.2, 0.25) is 11.8 Å². The minimum atomic E-state index is -0.926. The van der Waals surface area contributed by atoms with E-state index >= 15 is 0 Å². The van der Waals surface area contributed by atoms with Crippen molar-refractivity contribution in [2.24, 2.45) is 0 Å². The Bertz CT molecular complexity index is 1070. The number of carbonyl (C=O) groups excluding carboxylic acids is 3. The number of ether oxygens (including phenoxy) is 1. The SMILES string of the molecule is C[C@@H](C(=O)N1CC[C@H](c2ccccc2)C1)N1CC[C@@]2(CCC1=O)NC(=O)c1ccccc1O2. The molecular weight excluding hydrogens is 418 g/mol. The van der Waals surface area contributed by atoms with Crippen molar-refractivity contribution in [1.82, 2.24) is 15.1 Å². The van der Waals surface area contributed by atoms with E-state index in [9.17, 15) is 14.4 Å². The Balaban J connectivity index is 1.26. The minimum absolute atomic E-state index is 0.0170. The molecule has 3 heterocycles. The third kappa shape index (κ3) is 4.08. The fourth-order valence-electron chi connectivity index (χ4n) is 5.25. The van der Waals surface area contributed by atoms with Gasteiger partial charge in [-0.1, -0.05) is 42.5 Å². The predicted octanol–water partition coefficient (Wildman–Crippen LogP) is 2.92. The first kappa shape index (κ1) is 21.5. The van der Waals surface area contributed by atoms with E-state index in [0.717, 1.165) is 6.42 Å². The number of hydrogen-bond acceptors (Lipinski definition) is 4. The standard InChI is InChI=1S/C26H29N3O4/c1-18(25(32)28-15-12-20(17-28)19-7-3-2-4-8-19)29-16-14-26(13-11-23(29)30)27-24(31)21-9-5-6-10-22(21)33-26/h2-10,18,20H,11-17H2,1H3,(H,27,31)/t18-,20-,26-/m0/s1. The summed E-state index contributed by atoms with van der Waals surface area (Å²) in [6, 6.07) is 16.9. The van der Waals surface area contributed by atoms with Crippen LogP contribution in [0.5, 0.6) is 5.75 Å². The highest BCUT2D eigenvalue weighted by molar-refractivity contribution is 5.98. The zero-order valence-electron chi connectivity index (χ0n) is 18.8. The predicted molar refractivity (Wildman–Crippen MR) is 123 cm³/mol. The summed E-state index contributed by atoms with van der Waals surface area (Å²) in [6.45, 7) is 3.54. The maximum absolute atomic E-state index is 13.3. The van der Waals surface area contributed by atoms with Crippen LogP contribution in [0.4, 0.5) is 0 Å². The molecule has 0 radical (unpaired) electrons. The van der Waals surface area contributed by atoms with Gasteiger partial charge in [-0.2, -0.15) is 0 Å². The van der Waals surface area contributed by atoms with Crippen LogP contribution < -0.4 is 10.1 Å². The first-order valence-electron chi connectivity index (χ1n) is 11.7. The van der Waals surface area contributed by atoms with Gasteiger partial charge < -0.3 is 19.9 Å². The smallest absolute Gasteiger partial charge is 0.258 e. The maximum Gasteiger partial charge on any atom is 0.258 e. The quantitative estimate of drug-likeness (QED) is 0.785. The van der Waals surface area contributed by atoms with Gasteiger partial charge in [0.1, 0.15) is 11.8 Å². The van der Waals surface area contributed by atoms with Crippen LogP contribution in [-0.2, 0) is 9.59 Å². The highest BCUT2D eigenvalue weighted by Crippen LogP contribution is 2.34. The molecule has 3 amide bonds. The summed E-state index contributed by atoms with van der Waals surface area (Å²) < 4.78 is 6.20. The fourth-order valence-corrected chi connectivity index (χ4v) is 5.25. The summed E-state index contributed by atoms with van der Waals surface area (Å²) >= 11 is 0. The normalized spacial score (nSPS) is 25.8. The summed E-state index contributed by atoms with van der Waals surface area (Å²) in [5, 5.41) is 2.98. The van der Waals surface area contributed by atoms with E-state index in [1.807, 2.05) is 36.1 Å². The van der Waals surface area contributed by atoms with E-state index in [4.69, 9.17) is 4.74 Å². The monoisotopic (exact) mass is 447 g/mol. The molecule has 3 aliphatic rings. The Kier molecular flexibility index (Phi) is 5.56. The zero-order chi connectivity index (χ0) is 23.0. The molecule has 2 aromatic carbocycles. The Hall–Kier alpha value is -3.35. The van der Waals surface area contributed by atoms with Crippen LogP contribution in [-0.4, -0.2) is 58.9 Å².